The zero-order valence-electron chi connectivity index (χ0n) is 13.8. The number of carbonyl (C=O) groups excluding carboxylic acids is 1. The standard InChI is InChI=1S/C17H26N2O3/c1-11(2)7-8-19-16(20)10-14(18)17(19)13-9-12(21-3)5-6-15(13)22-4/h5-6,9,11,14,17H,7-8,10,18H2,1-4H3. The topological polar surface area (TPSA) is 64.8 Å². The summed E-state index contributed by atoms with van der Waals surface area (Å²) in [5.41, 5.74) is 7.17. The molecule has 2 atom stereocenters. The highest BCUT2D eigenvalue weighted by atomic mass is 16.5. The summed E-state index contributed by atoms with van der Waals surface area (Å²) < 4.78 is 10.8. The Bertz CT molecular complexity index is 531. The molecule has 2 rings (SSSR count). The molecule has 2 unspecified atom stereocenters. The molecule has 1 saturated heterocycles. The van der Waals surface area contributed by atoms with E-state index in [4.69, 9.17) is 15.2 Å². The van der Waals surface area contributed by atoms with Crippen molar-refractivity contribution in [2.45, 2.75) is 38.8 Å². The molecule has 0 aromatic heterocycles. The number of amides is 1. The molecule has 0 saturated carbocycles. The largest absolute Gasteiger partial charge is 0.497 e. The van der Waals surface area contributed by atoms with E-state index in [1.54, 1.807) is 14.2 Å². The lowest BCUT2D eigenvalue weighted by molar-refractivity contribution is -0.129. The van der Waals surface area contributed by atoms with Crippen LogP contribution >= 0.6 is 0 Å². The third kappa shape index (κ3) is 3.35. The lowest BCUT2D eigenvalue weighted by Crippen LogP contribution is -2.34. The van der Waals surface area contributed by atoms with Gasteiger partial charge in [-0.25, -0.2) is 0 Å². The highest BCUT2D eigenvalue weighted by Crippen LogP contribution is 2.39. The average Bonchev–Trinajstić information content (AvgIpc) is 2.78. The Kier molecular flexibility index (Phi) is 5.29. The van der Waals surface area contributed by atoms with Crippen LogP contribution in [0.3, 0.4) is 0 Å². The van der Waals surface area contributed by atoms with Crippen molar-refractivity contribution in [3.8, 4) is 11.5 Å². The van der Waals surface area contributed by atoms with E-state index in [0.29, 0.717) is 12.3 Å². The second-order valence-electron chi connectivity index (χ2n) is 6.19. The minimum atomic E-state index is -0.222. The Morgan fingerprint density at radius 2 is 2.05 bits per heavy atom. The number of nitrogens with two attached hydrogens (primary N) is 1. The normalized spacial score (nSPS) is 21.5. The van der Waals surface area contributed by atoms with Crippen LogP contribution in [0.25, 0.3) is 0 Å². The van der Waals surface area contributed by atoms with Gasteiger partial charge in [0.25, 0.3) is 0 Å². The molecule has 1 fully saturated rings. The zero-order valence-corrected chi connectivity index (χ0v) is 13.8. The van der Waals surface area contributed by atoms with Gasteiger partial charge in [0, 0.05) is 24.6 Å². The van der Waals surface area contributed by atoms with Gasteiger partial charge >= 0.3 is 0 Å². The minimum Gasteiger partial charge on any atom is -0.497 e. The molecule has 1 amide bonds. The number of carbonyl (C=O) groups is 1. The maximum Gasteiger partial charge on any atom is 0.224 e. The van der Waals surface area contributed by atoms with Crippen molar-refractivity contribution < 1.29 is 14.3 Å². The molecule has 2 N–H and O–H groups in total. The molecular weight excluding hydrogens is 280 g/mol. The number of methoxy groups -OCH3 is 2. The van der Waals surface area contributed by atoms with Crippen LogP contribution in [0.1, 0.15) is 38.3 Å². The van der Waals surface area contributed by atoms with Crippen LogP contribution in [-0.2, 0) is 4.79 Å². The Morgan fingerprint density at radius 1 is 1.32 bits per heavy atom. The lowest BCUT2D eigenvalue weighted by atomic mass is 9.98. The second kappa shape index (κ2) is 7.01. The van der Waals surface area contributed by atoms with Gasteiger partial charge in [-0.05, 0) is 30.5 Å². The lowest BCUT2D eigenvalue weighted by Gasteiger charge is -2.29. The van der Waals surface area contributed by atoms with Crippen molar-refractivity contribution in [3.63, 3.8) is 0 Å². The first-order valence-electron chi connectivity index (χ1n) is 7.75. The summed E-state index contributed by atoms with van der Waals surface area (Å²) in [5.74, 6) is 2.14. The average molecular weight is 306 g/mol. The maximum absolute atomic E-state index is 12.3. The number of benzene rings is 1. The maximum atomic E-state index is 12.3. The number of hydrogen-bond acceptors (Lipinski definition) is 4. The van der Waals surface area contributed by atoms with Gasteiger partial charge in [0.05, 0.1) is 20.3 Å². The number of hydrogen-bond donors (Lipinski definition) is 1. The SMILES string of the molecule is COc1ccc(OC)c(C2C(N)CC(=O)N2CCC(C)C)c1. The molecule has 5 heteroatoms. The molecular formula is C17H26N2O3. The Balaban J connectivity index is 2.36. The van der Waals surface area contributed by atoms with Crippen molar-refractivity contribution in [1.82, 2.24) is 4.90 Å². The Hall–Kier alpha value is -1.75. The highest BCUT2D eigenvalue weighted by Gasteiger charge is 2.39. The Morgan fingerprint density at radius 3 is 2.64 bits per heavy atom. The zero-order chi connectivity index (χ0) is 16.3. The predicted molar refractivity (Wildman–Crippen MR) is 86.0 cm³/mol. The molecule has 0 spiro atoms. The van der Waals surface area contributed by atoms with Gasteiger partial charge in [-0.3, -0.25) is 4.79 Å². The van der Waals surface area contributed by atoms with Gasteiger partial charge in [0.1, 0.15) is 11.5 Å². The number of likely N-dealkylation sites (tertiary alicyclic amines) is 1. The first-order valence-corrected chi connectivity index (χ1v) is 7.75. The molecule has 0 bridgehead atoms. The number of rotatable bonds is 6. The Labute approximate surface area is 132 Å². The molecule has 1 aromatic rings. The van der Waals surface area contributed by atoms with E-state index in [0.717, 1.165) is 30.0 Å². The summed E-state index contributed by atoms with van der Waals surface area (Å²) in [6, 6.07) is 5.26. The van der Waals surface area contributed by atoms with E-state index in [1.807, 2.05) is 23.1 Å². The van der Waals surface area contributed by atoms with Crippen molar-refractivity contribution in [1.29, 1.82) is 0 Å². The van der Waals surface area contributed by atoms with Crippen LogP contribution in [0.15, 0.2) is 18.2 Å². The van der Waals surface area contributed by atoms with Gasteiger partial charge in [-0.2, -0.15) is 0 Å². The second-order valence-corrected chi connectivity index (χ2v) is 6.19. The van der Waals surface area contributed by atoms with Crippen LogP contribution in [0, 0.1) is 5.92 Å². The van der Waals surface area contributed by atoms with Crippen LogP contribution in [-0.4, -0.2) is 37.6 Å². The van der Waals surface area contributed by atoms with E-state index in [1.165, 1.54) is 0 Å². The van der Waals surface area contributed by atoms with E-state index < -0.39 is 0 Å². The van der Waals surface area contributed by atoms with Gasteiger partial charge in [0.15, 0.2) is 0 Å². The van der Waals surface area contributed by atoms with Crippen molar-refractivity contribution in [2.75, 3.05) is 20.8 Å². The molecule has 1 heterocycles. The van der Waals surface area contributed by atoms with Crippen molar-refractivity contribution >= 4 is 5.91 Å². The van der Waals surface area contributed by atoms with Crippen LogP contribution < -0.4 is 15.2 Å². The van der Waals surface area contributed by atoms with E-state index in [9.17, 15) is 4.79 Å². The summed E-state index contributed by atoms with van der Waals surface area (Å²) in [6.07, 6.45) is 1.34. The first-order chi connectivity index (χ1) is 10.5. The van der Waals surface area contributed by atoms with Gasteiger partial charge in [0.2, 0.25) is 5.91 Å². The molecule has 122 valence electrons. The summed E-state index contributed by atoms with van der Waals surface area (Å²) in [4.78, 5) is 14.2. The fourth-order valence-electron chi connectivity index (χ4n) is 2.95. The smallest absolute Gasteiger partial charge is 0.224 e. The summed E-state index contributed by atoms with van der Waals surface area (Å²) >= 11 is 0. The minimum absolute atomic E-state index is 0.114. The van der Waals surface area contributed by atoms with Gasteiger partial charge in [-0.1, -0.05) is 13.8 Å². The predicted octanol–water partition coefficient (Wildman–Crippen LogP) is 2.35. The quantitative estimate of drug-likeness (QED) is 0.876. The molecule has 1 aromatic carbocycles. The molecule has 22 heavy (non-hydrogen) atoms. The van der Waals surface area contributed by atoms with Crippen molar-refractivity contribution in [3.05, 3.63) is 23.8 Å². The van der Waals surface area contributed by atoms with E-state index in [-0.39, 0.29) is 18.0 Å². The molecule has 0 radical (unpaired) electrons. The molecule has 1 aliphatic rings. The fraction of sp³-hybridized carbons (Fsp3) is 0.588. The molecule has 1 aliphatic heterocycles. The number of nitrogens with zero attached hydrogens (tertiary/aromatic N) is 1. The monoisotopic (exact) mass is 306 g/mol. The summed E-state index contributed by atoms with van der Waals surface area (Å²) in [7, 11) is 3.26. The van der Waals surface area contributed by atoms with Crippen LogP contribution in [0.4, 0.5) is 0 Å². The first kappa shape index (κ1) is 16.6. The fourth-order valence-corrected chi connectivity index (χ4v) is 2.95. The highest BCUT2D eigenvalue weighted by molar-refractivity contribution is 5.80. The third-order valence-corrected chi connectivity index (χ3v) is 4.17. The summed E-state index contributed by atoms with van der Waals surface area (Å²) in [5, 5.41) is 0. The molecule has 5 nitrogen and oxygen atoms in total. The third-order valence-electron chi connectivity index (χ3n) is 4.17. The number of ether oxygens (including phenoxy) is 2. The van der Waals surface area contributed by atoms with E-state index >= 15 is 0 Å². The van der Waals surface area contributed by atoms with Gasteiger partial charge < -0.3 is 20.1 Å². The summed E-state index contributed by atoms with van der Waals surface area (Å²) in [6.45, 7) is 5.03. The van der Waals surface area contributed by atoms with Crippen molar-refractivity contribution in [2.24, 2.45) is 11.7 Å². The van der Waals surface area contributed by atoms with E-state index in [2.05, 4.69) is 13.8 Å². The van der Waals surface area contributed by atoms with Gasteiger partial charge in [-0.15, -0.1) is 0 Å². The molecule has 0 aliphatic carbocycles. The van der Waals surface area contributed by atoms with Crippen LogP contribution in [0.2, 0.25) is 0 Å². The van der Waals surface area contributed by atoms with Crippen LogP contribution in [0.5, 0.6) is 11.5 Å².